The van der Waals surface area contributed by atoms with Crippen LogP contribution in [0.25, 0.3) is 0 Å². The summed E-state index contributed by atoms with van der Waals surface area (Å²) in [6.07, 6.45) is 3.06. The Kier molecular flexibility index (Phi) is 4.29. The molecule has 0 amide bonds. The van der Waals surface area contributed by atoms with Crippen molar-refractivity contribution in [2.24, 2.45) is 7.05 Å². The van der Waals surface area contributed by atoms with Gasteiger partial charge in [-0.1, -0.05) is 12.1 Å². The number of imidazole rings is 1. The van der Waals surface area contributed by atoms with Crippen LogP contribution in [-0.4, -0.2) is 27.3 Å². The molecule has 2 rings (SSSR count). The zero-order valence-corrected chi connectivity index (χ0v) is 11.0. The van der Waals surface area contributed by atoms with Crippen molar-refractivity contribution < 1.29 is 9.50 Å². The maximum Gasteiger partial charge on any atom is 0.130 e. The molecule has 1 aromatic carbocycles. The van der Waals surface area contributed by atoms with E-state index in [1.54, 1.807) is 19.2 Å². The third kappa shape index (κ3) is 3.39. The van der Waals surface area contributed by atoms with Crippen LogP contribution in [0.1, 0.15) is 24.4 Å². The second-order valence-corrected chi connectivity index (χ2v) is 4.64. The third-order valence-corrected chi connectivity index (χ3v) is 2.92. The Bertz CT molecular complexity index is 539. The first-order valence-corrected chi connectivity index (χ1v) is 6.22. The lowest BCUT2D eigenvalue weighted by atomic mass is 10.1. The molecule has 2 unspecified atom stereocenters. The number of benzene rings is 1. The lowest BCUT2D eigenvalue weighted by molar-refractivity contribution is 0.187. The molecule has 0 bridgehead atoms. The average Bonchev–Trinajstić information content (AvgIpc) is 2.76. The number of nitrogens with zero attached hydrogens (tertiary/aromatic N) is 2. The zero-order chi connectivity index (χ0) is 13.8. The van der Waals surface area contributed by atoms with Gasteiger partial charge in [-0.25, -0.2) is 9.37 Å². The quantitative estimate of drug-likeness (QED) is 0.862. The van der Waals surface area contributed by atoms with Gasteiger partial charge in [0.25, 0.3) is 0 Å². The number of halogens is 1. The molecule has 0 aliphatic heterocycles. The van der Waals surface area contributed by atoms with Gasteiger partial charge < -0.3 is 15.0 Å². The minimum atomic E-state index is -0.476. The van der Waals surface area contributed by atoms with Crippen LogP contribution in [0.15, 0.2) is 36.7 Å². The molecule has 1 aromatic heterocycles. The van der Waals surface area contributed by atoms with Gasteiger partial charge in [-0.15, -0.1) is 0 Å². The molecule has 0 aliphatic carbocycles. The highest BCUT2D eigenvalue weighted by Gasteiger charge is 2.18. The topological polar surface area (TPSA) is 50.1 Å². The second-order valence-electron chi connectivity index (χ2n) is 4.64. The van der Waals surface area contributed by atoms with Gasteiger partial charge in [0, 0.05) is 26.0 Å². The van der Waals surface area contributed by atoms with Gasteiger partial charge >= 0.3 is 0 Å². The number of hydrogen-bond acceptors (Lipinski definition) is 3. The van der Waals surface area contributed by atoms with Crippen LogP contribution in [0, 0.1) is 5.82 Å². The summed E-state index contributed by atoms with van der Waals surface area (Å²) >= 11 is 0. The maximum absolute atomic E-state index is 13.4. The van der Waals surface area contributed by atoms with E-state index >= 15 is 0 Å². The lowest BCUT2D eigenvalue weighted by Crippen LogP contribution is -2.31. The van der Waals surface area contributed by atoms with Crippen LogP contribution >= 0.6 is 0 Å². The van der Waals surface area contributed by atoms with Crippen LogP contribution in [0.2, 0.25) is 0 Å². The highest BCUT2D eigenvalue weighted by Crippen LogP contribution is 2.21. The Balaban J connectivity index is 2.31. The fourth-order valence-corrected chi connectivity index (χ4v) is 1.99. The molecule has 19 heavy (non-hydrogen) atoms. The number of aromatic nitrogens is 2. The van der Waals surface area contributed by atoms with E-state index in [4.69, 9.17) is 0 Å². The molecule has 0 spiro atoms. The van der Waals surface area contributed by atoms with Crippen LogP contribution in [0.5, 0.6) is 0 Å². The van der Waals surface area contributed by atoms with E-state index in [0.29, 0.717) is 6.54 Å². The molecule has 0 radical (unpaired) electrons. The molecule has 1 heterocycles. The first-order valence-electron chi connectivity index (χ1n) is 6.22. The summed E-state index contributed by atoms with van der Waals surface area (Å²) in [6, 6.07) is 6.16. The van der Waals surface area contributed by atoms with Crippen molar-refractivity contribution >= 4 is 0 Å². The Morgan fingerprint density at radius 2 is 2.26 bits per heavy atom. The molecule has 2 N–H and O–H groups in total. The number of hydrogen-bond donors (Lipinski definition) is 2. The number of aryl methyl sites for hydroxylation is 1. The minimum absolute atomic E-state index is 0.245. The Labute approximate surface area is 111 Å². The second kappa shape index (κ2) is 5.95. The van der Waals surface area contributed by atoms with E-state index in [9.17, 15) is 9.50 Å². The summed E-state index contributed by atoms with van der Waals surface area (Å²) in [5, 5.41) is 12.6. The molecule has 4 nitrogen and oxygen atoms in total. The van der Waals surface area contributed by atoms with Gasteiger partial charge in [0.05, 0.1) is 12.1 Å². The third-order valence-electron chi connectivity index (χ3n) is 2.92. The molecule has 0 aliphatic rings. The molecular weight excluding hydrogens is 245 g/mol. The van der Waals surface area contributed by atoms with E-state index in [0.717, 1.165) is 11.4 Å². The SMILES string of the molecule is CC(O)CNC(c1cccc(F)c1)c1nccn1C. The van der Waals surface area contributed by atoms with Gasteiger partial charge in [0.2, 0.25) is 0 Å². The van der Waals surface area contributed by atoms with Crippen LogP contribution in [-0.2, 0) is 7.05 Å². The first-order chi connectivity index (χ1) is 9.08. The van der Waals surface area contributed by atoms with E-state index in [2.05, 4.69) is 10.3 Å². The van der Waals surface area contributed by atoms with Gasteiger partial charge in [0.1, 0.15) is 11.6 Å². The largest absolute Gasteiger partial charge is 0.392 e. The number of nitrogens with one attached hydrogen (secondary N) is 1. The summed E-state index contributed by atoms with van der Waals surface area (Å²) in [7, 11) is 1.89. The first kappa shape index (κ1) is 13.7. The number of aliphatic hydroxyl groups is 1. The monoisotopic (exact) mass is 263 g/mol. The van der Waals surface area contributed by atoms with E-state index < -0.39 is 6.10 Å². The molecule has 102 valence electrons. The zero-order valence-electron chi connectivity index (χ0n) is 11.0. The molecule has 5 heteroatoms. The summed E-state index contributed by atoms with van der Waals surface area (Å²) in [5.74, 6) is 0.502. The van der Waals surface area contributed by atoms with Gasteiger partial charge in [-0.05, 0) is 24.6 Å². The normalized spacial score (nSPS) is 14.3. The van der Waals surface area contributed by atoms with Gasteiger partial charge in [-0.3, -0.25) is 0 Å². The van der Waals surface area contributed by atoms with Crippen molar-refractivity contribution in [3.05, 3.63) is 53.9 Å². The maximum atomic E-state index is 13.4. The van der Waals surface area contributed by atoms with Crippen molar-refractivity contribution in [2.45, 2.75) is 19.1 Å². The Morgan fingerprint density at radius 1 is 1.47 bits per heavy atom. The van der Waals surface area contributed by atoms with Crippen molar-refractivity contribution in [1.82, 2.24) is 14.9 Å². The van der Waals surface area contributed by atoms with E-state index in [1.165, 1.54) is 12.1 Å². The van der Waals surface area contributed by atoms with Crippen LogP contribution < -0.4 is 5.32 Å². The van der Waals surface area contributed by atoms with Crippen molar-refractivity contribution in [3.63, 3.8) is 0 Å². The number of rotatable bonds is 5. The average molecular weight is 263 g/mol. The van der Waals surface area contributed by atoms with Gasteiger partial charge in [0.15, 0.2) is 0 Å². The molecule has 2 atom stereocenters. The van der Waals surface area contributed by atoms with E-state index in [1.807, 2.05) is 23.9 Å². The minimum Gasteiger partial charge on any atom is -0.392 e. The van der Waals surface area contributed by atoms with Crippen LogP contribution in [0.4, 0.5) is 4.39 Å². The highest BCUT2D eigenvalue weighted by atomic mass is 19.1. The molecule has 0 saturated carbocycles. The fraction of sp³-hybridized carbons (Fsp3) is 0.357. The number of aliphatic hydroxyl groups excluding tert-OH is 1. The van der Waals surface area contributed by atoms with Crippen LogP contribution in [0.3, 0.4) is 0 Å². The molecular formula is C14H18FN3O. The Hall–Kier alpha value is -1.72. The van der Waals surface area contributed by atoms with Crippen molar-refractivity contribution in [3.8, 4) is 0 Å². The summed E-state index contributed by atoms with van der Waals surface area (Å²) in [4.78, 5) is 4.30. The van der Waals surface area contributed by atoms with Crippen molar-refractivity contribution in [1.29, 1.82) is 0 Å². The van der Waals surface area contributed by atoms with Crippen molar-refractivity contribution in [2.75, 3.05) is 6.54 Å². The molecule has 0 fully saturated rings. The fourth-order valence-electron chi connectivity index (χ4n) is 1.99. The molecule has 2 aromatic rings. The summed E-state index contributed by atoms with van der Waals surface area (Å²) in [6.45, 7) is 2.11. The predicted molar refractivity (Wildman–Crippen MR) is 71.1 cm³/mol. The van der Waals surface area contributed by atoms with E-state index in [-0.39, 0.29) is 11.9 Å². The highest BCUT2D eigenvalue weighted by molar-refractivity contribution is 5.26. The smallest absolute Gasteiger partial charge is 0.130 e. The van der Waals surface area contributed by atoms with Gasteiger partial charge in [-0.2, -0.15) is 0 Å². The predicted octanol–water partition coefficient (Wildman–Crippen LogP) is 1.62. The standard InChI is InChI=1S/C14H18FN3O/c1-10(19)9-17-13(14-16-6-7-18(14)2)11-4-3-5-12(15)8-11/h3-8,10,13,17,19H,9H2,1-2H3. The summed E-state index contributed by atoms with van der Waals surface area (Å²) < 4.78 is 15.2. The Morgan fingerprint density at radius 3 is 2.84 bits per heavy atom. The lowest BCUT2D eigenvalue weighted by Gasteiger charge is -2.20. The summed E-state index contributed by atoms with van der Waals surface area (Å²) in [5.41, 5.74) is 0.787. The molecule has 0 saturated heterocycles.